The molecule has 2 heterocycles. The molecule has 0 spiro atoms. The number of nitrogens with zero attached hydrogens (tertiary/aromatic N) is 4. The topological polar surface area (TPSA) is 99.4 Å². The van der Waals surface area contributed by atoms with Gasteiger partial charge >= 0.3 is 0 Å². The lowest BCUT2D eigenvalue weighted by Gasteiger charge is -2.08. The highest BCUT2D eigenvalue weighted by molar-refractivity contribution is 5.94. The molecule has 0 radical (unpaired) electrons. The summed E-state index contributed by atoms with van der Waals surface area (Å²) < 4.78 is 15.1. The van der Waals surface area contributed by atoms with E-state index in [4.69, 9.17) is 5.26 Å². The van der Waals surface area contributed by atoms with E-state index < -0.39 is 11.7 Å². The summed E-state index contributed by atoms with van der Waals surface area (Å²) >= 11 is 0. The van der Waals surface area contributed by atoms with Gasteiger partial charge in [-0.15, -0.1) is 0 Å². The van der Waals surface area contributed by atoms with Crippen molar-refractivity contribution >= 4 is 11.7 Å². The van der Waals surface area contributed by atoms with E-state index in [1.54, 1.807) is 19.3 Å². The number of aromatic nitrogens is 4. The molecule has 1 saturated carbocycles. The Balaban J connectivity index is 1.49. The molecule has 1 amide bonds. The molecule has 1 aliphatic rings. The summed E-state index contributed by atoms with van der Waals surface area (Å²) in [7, 11) is 0. The number of nitrogens with one attached hydrogen (secondary N) is 2. The summed E-state index contributed by atoms with van der Waals surface area (Å²) in [5.74, 6) is -0.158. The minimum Gasteiger partial charge on any atom is -0.309 e. The predicted octanol–water partition coefficient (Wildman–Crippen LogP) is 3.23. The van der Waals surface area contributed by atoms with Gasteiger partial charge in [0.1, 0.15) is 5.82 Å². The van der Waals surface area contributed by atoms with E-state index in [-0.39, 0.29) is 11.5 Å². The SMILES string of the molecule is C[C@H](C(=O)Nc1cc(C2CC2)[nH]n1)c1cnn(-c2cc(F)cc(C#N)c2)c1. The smallest absolute Gasteiger partial charge is 0.232 e. The average Bonchev–Trinajstić information content (AvgIpc) is 3.20. The van der Waals surface area contributed by atoms with Crippen molar-refractivity contribution in [2.75, 3.05) is 5.32 Å². The van der Waals surface area contributed by atoms with Crippen molar-refractivity contribution in [1.29, 1.82) is 5.26 Å². The number of hydrogen-bond donors (Lipinski definition) is 2. The van der Waals surface area contributed by atoms with Gasteiger partial charge in [-0.2, -0.15) is 15.5 Å². The van der Waals surface area contributed by atoms with Crippen LogP contribution in [0.3, 0.4) is 0 Å². The first-order valence-electron chi connectivity index (χ1n) is 8.65. The molecule has 0 saturated heterocycles. The number of carbonyl (C=O) groups excluding carboxylic acids is 1. The van der Waals surface area contributed by atoms with E-state index in [2.05, 4.69) is 20.6 Å². The highest BCUT2D eigenvalue weighted by Gasteiger charge is 2.26. The molecule has 0 aliphatic heterocycles. The predicted molar refractivity (Wildman–Crippen MR) is 95.8 cm³/mol. The average molecular weight is 364 g/mol. The van der Waals surface area contributed by atoms with E-state index >= 15 is 0 Å². The zero-order valence-electron chi connectivity index (χ0n) is 14.6. The molecule has 2 N–H and O–H groups in total. The second-order valence-corrected chi connectivity index (χ2v) is 6.72. The second kappa shape index (κ2) is 6.68. The normalized spacial score (nSPS) is 14.6. The van der Waals surface area contributed by atoms with Crippen LogP contribution in [-0.2, 0) is 4.79 Å². The van der Waals surface area contributed by atoms with E-state index in [1.807, 2.05) is 12.1 Å². The lowest BCUT2D eigenvalue weighted by molar-refractivity contribution is -0.117. The zero-order valence-corrected chi connectivity index (χ0v) is 14.6. The van der Waals surface area contributed by atoms with Crippen molar-refractivity contribution in [3.05, 3.63) is 59.3 Å². The van der Waals surface area contributed by atoms with Gasteiger partial charge in [-0.05, 0) is 38.0 Å². The van der Waals surface area contributed by atoms with Crippen LogP contribution in [0.4, 0.5) is 10.2 Å². The Labute approximate surface area is 154 Å². The Kier molecular flexibility index (Phi) is 4.20. The highest BCUT2D eigenvalue weighted by atomic mass is 19.1. The number of H-pyrrole nitrogens is 1. The molecule has 7 nitrogen and oxygen atoms in total. The maximum atomic E-state index is 13.6. The second-order valence-electron chi connectivity index (χ2n) is 6.72. The van der Waals surface area contributed by atoms with E-state index in [9.17, 15) is 9.18 Å². The maximum absolute atomic E-state index is 13.6. The summed E-state index contributed by atoms with van der Waals surface area (Å²) in [5, 5.41) is 23.0. The van der Waals surface area contributed by atoms with Gasteiger partial charge < -0.3 is 5.32 Å². The van der Waals surface area contributed by atoms with Crippen LogP contribution in [-0.4, -0.2) is 25.9 Å². The zero-order chi connectivity index (χ0) is 19.0. The third kappa shape index (κ3) is 3.58. The Morgan fingerprint density at radius 1 is 1.41 bits per heavy atom. The van der Waals surface area contributed by atoms with Crippen LogP contribution < -0.4 is 5.32 Å². The van der Waals surface area contributed by atoms with Crippen molar-refractivity contribution in [3.8, 4) is 11.8 Å². The number of benzene rings is 1. The lowest BCUT2D eigenvalue weighted by Crippen LogP contribution is -2.18. The molecule has 0 unspecified atom stereocenters. The van der Waals surface area contributed by atoms with E-state index in [0.717, 1.165) is 24.6 Å². The Bertz CT molecular complexity index is 1040. The minimum absolute atomic E-state index is 0.206. The monoisotopic (exact) mass is 364 g/mol. The molecule has 8 heteroatoms. The number of amides is 1. The van der Waals surface area contributed by atoms with Crippen LogP contribution in [0.1, 0.15) is 48.4 Å². The van der Waals surface area contributed by atoms with Crippen LogP contribution in [0.2, 0.25) is 0 Å². The fourth-order valence-corrected chi connectivity index (χ4v) is 2.86. The molecule has 1 aliphatic carbocycles. The van der Waals surface area contributed by atoms with Gasteiger partial charge in [-0.25, -0.2) is 9.07 Å². The Hall–Kier alpha value is -3.47. The van der Waals surface area contributed by atoms with Gasteiger partial charge in [0.15, 0.2) is 5.82 Å². The summed E-state index contributed by atoms with van der Waals surface area (Å²) in [4.78, 5) is 12.5. The molecule has 3 aromatic rings. The number of rotatable bonds is 5. The van der Waals surface area contributed by atoms with Gasteiger partial charge in [0.25, 0.3) is 0 Å². The van der Waals surface area contributed by atoms with E-state index in [1.165, 1.54) is 16.8 Å². The van der Waals surface area contributed by atoms with Crippen molar-refractivity contribution in [2.45, 2.75) is 31.6 Å². The molecule has 136 valence electrons. The maximum Gasteiger partial charge on any atom is 0.232 e. The van der Waals surface area contributed by atoms with Gasteiger partial charge in [0.05, 0.1) is 29.4 Å². The number of halogens is 1. The molecular formula is C19H17FN6O. The first-order chi connectivity index (χ1) is 13.0. The fraction of sp³-hybridized carbons (Fsp3) is 0.263. The Morgan fingerprint density at radius 2 is 2.22 bits per heavy atom. The van der Waals surface area contributed by atoms with Gasteiger partial charge in [0, 0.05) is 29.4 Å². The summed E-state index contributed by atoms with van der Waals surface area (Å²) in [6.45, 7) is 1.76. The van der Waals surface area contributed by atoms with Crippen molar-refractivity contribution in [3.63, 3.8) is 0 Å². The third-order valence-electron chi connectivity index (χ3n) is 4.64. The van der Waals surface area contributed by atoms with Crippen molar-refractivity contribution < 1.29 is 9.18 Å². The number of anilines is 1. The largest absolute Gasteiger partial charge is 0.309 e. The summed E-state index contributed by atoms with van der Waals surface area (Å²) in [5.41, 5.74) is 2.35. The van der Waals surface area contributed by atoms with Crippen LogP contribution in [0.25, 0.3) is 5.69 Å². The third-order valence-corrected chi connectivity index (χ3v) is 4.64. The minimum atomic E-state index is -0.517. The molecule has 4 rings (SSSR count). The fourth-order valence-electron chi connectivity index (χ4n) is 2.86. The molecule has 0 bridgehead atoms. The van der Waals surface area contributed by atoms with Gasteiger partial charge in [0.2, 0.25) is 5.91 Å². The van der Waals surface area contributed by atoms with Crippen LogP contribution in [0.15, 0.2) is 36.7 Å². The quantitative estimate of drug-likeness (QED) is 0.726. The Morgan fingerprint density at radius 3 is 2.96 bits per heavy atom. The molecule has 1 atom stereocenters. The highest BCUT2D eigenvalue weighted by Crippen LogP contribution is 2.39. The van der Waals surface area contributed by atoms with Crippen LogP contribution in [0, 0.1) is 17.1 Å². The number of nitriles is 1. The summed E-state index contributed by atoms with van der Waals surface area (Å²) in [6, 6.07) is 7.75. The molecule has 27 heavy (non-hydrogen) atoms. The van der Waals surface area contributed by atoms with Gasteiger partial charge in [-0.1, -0.05) is 0 Å². The summed E-state index contributed by atoms with van der Waals surface area (Å²) in [6.07, 6.45) is 5.51. The van der Waals surface area contributed by atoms with Gasteiger partial charge in [-0.3, -0.25) is 9.89 Å². The number of aromatic amines is 1. The lowest BCUT2D eigenvalue weighted by atomic mass is 10.0. The number of hydrogen-bond acceptors (Lipinski definition) is 4. The molecule has 1 aromatic carbocycles. The molecule has 1 fully saturated rings. The number of carbonyl (C=O) groups is 1. The first-order valence-corrected chi connectivity index (χ1v) is 8.65. The van der Waals surface area contributed by atoms with E-state index in [0.29, 0.717) is 23.0 Å². The standard InChI is InChI=1S/C19H17FN6O/c1-11(19(27)23-18-7-17(24-25-18)13-2-3-13)14-9-22-26(10-14)16-5-12(8-21)4-15(20)6-16/h4-7,9-11,13H,2-3H2,1H3,(H2,23,24,25,27)/t11-/m0/s1. The van der Waals surface area contributed by atoms with Crippen molar-refractivity contribution in [2.24, 2.45) is 0 Å². The van der Waals surface area contributed by atoms with Crippen molar-refractivity contribution in [1.82, 2.24) is 20.0 Å². The van der Waals surface area contributed by atoms with Crippen LogP contribution in [0.5, 0.6) is 0 Å². The molecule has 2 aromatic heterocycles. The first kappa shape index (κ1) is 17.0. The van der Waals surface area contributed by atoms with Crippen LogP contribution >= 0.6 is 0 Å². The molecular weight excluding hydrogens is 347 g/mol.